The van der Waals surface area contributed by atoms with Crippen LogP contribution in [0, 0.1) is 5.82 Å². The van der Waals surface area contributed by atoms with Gasteiger partial charge in [-0.1, -0.05) is 18.2 Å². The van der Waals surface area contributed by atoms with Crippen molar-refractivity contribution in [2.24, 2.45) is 5.73 Å². The van der Waals surface area contributed by atoms with Crippen LogP contribution in [0.25, 0.3) is 0 Å². The average molecular weight is 220 g/mol. The minimum Gasteiger partial charge on any atom is -0.324 e. The van der Waals surface area contributed by atoms with Gasteiger partial charge in [0.1, 0.15) is 5.82 Å². The molecule has 1 atom stereocenters. The molecule has 0 aliphatic heterocycles. The Balaban J connectivity index is 0.000001000. The van der Waals surface area contributed by atoms with Crippen LogP contribution in [0.4, 0.5) is 4.39 Å². The Hall–Kier alpha value is -0.410. The molecule has 0 aliphatic rings. The lowest BCUT2D eigenvalue weighted by Crippen LogP contribution is -2.06. The molecule has 1 rings (SSSR count). The molecule has 0 unspecified atom stereocenters. The van der Waals surface area contributed by atoms with E-state index in [9.17, 15) is 4.39 Å². The van der Waals surface area contributed by atoms with E-state index in [1.165, 1.54) is 6.07 Å². The fourth-order valence-electron chi connectivity index (χ4n) is 0.844. The van der Waals surface area contributed by atoms with Gasteiger partial charge < -0.3 is 5.73 Å². The summed E-state index contributed by atoms with van der Waals surface area (Å²) in [4.78, 5) is 0. The fraction of sp³-hybridized carbons (Fsp3) is 0.250. The first kappa shape index (κ1) is 10.6. The highest BCUT2D eigenvalue weighted by Gasteiger charge is 2.03. The molecule has 0 aromatic heterocycles. The van der Waals surface area contributed by atoms with Gasteiger partial charge in [0.25, 0.3) is 0 Å². The third-order valence-electron chi connectivity index (χ3n) is 1.40. The Bertz CT molecular complexity index is 225. The topological polar surface area (TPSA) is 26.0 Å². The lowest BCUT2D eigenvalue weighted by atomic mass is 10.1. The smallest absolute Gasteiger partial charge is 0.127 e. The average Bonchev–Trinajstić information content (AvgIpc) is 1.88. The molecule has 0 amide bonds. The summed E-state index contributed by atoms with van der Waals surface area (Å²) in [6.45, 7) is 1.76. The van der Waals surface area contributed by atoms with Crippen molar-refractivity contribution in [3.63, 3.8) is 0 Å². The predicted octanol–water partition coefficient (Wildman–Crippen LogP) is 2.42. The van der Waals surface area contributed by atoms with Crippen molar-refractivity contribution in [3.05, 3.63) is 35.6 Å². The zero-order valence-electron chi connectivity index (χ0n) is 6.25. The zero-order valence-corrected chi connectivity index (χ0v) is 7.96. The third-order valence-corrected chi connectivity index (χ3v) is 1.40. The Morgan fingerprint density at radius 2 is 1.91 bits per heavy atom. The van der Waals surface area contributed by atoms with E-state index >= 15 is 0 Å². The highest BCUT2D eigenvalue weighted by molar-refractivity contribution is 8.93. The molecule has 0 saturated heterocycles. The summed E-state index contributed by atoms with van der Waals surface area (Å²) in [5.74, 6) is -0.225. The molecule has 62 valence electrons. The third kappa shape index (κ3) is 2.60. The molecule has 1 aromatic rings. The van der Waals surface area contributed by atoms with Crippen molar-refractivity contribution in [2.45, 2.75) is 13.0 Å². The molecule has 1 nitrogen and oxygen atoms in total. The molecule has 0 saturated carbocycles. The number of halogens is 2. The Labute approximate surface area is 76.2 Å². The van der Waals surface area contributed by atoms with Crippen LogP contribution >= 0.6 is 17.0 Å². The van der Waals surface area contributed by atoms with Crippen LogP contribution in [-0.2, 0) is 0 Å². The first-order valence-corrected chi connectivity index (χ1v) is 3.22. The molecule has 0 spiro atoms. The molecule has 0 fully saturated rings. The SMILES string of the molecule is Br.C[C@H](N)c1ccccc1F. The number of rotatable bonds is 1. The molecular weight excluding hydrogens is 209 g/mol. The maximum Gasteiger partial charge on any atom is 0.127 e. The van der Waals surface area contributed by atoms with Crippen LogP contribution in [-0.4, -0.2) is 0 Å². The van der Waals surface area contributed by atoms with Crippen LogP contribution in [0.1, 0.15) is 18.5 Å². The van der Waals surface area contributed by atoms with Gasteiger partial charge in [0, 0.05) is 11.6 Å². The first-order chi connectivity index (χ1) is 4.72. The van der Waals surface area contributed by atoms with Crippen LogP contribution in [0.5, 0.6) is 0 Å². The quantitative estimate of drug-likeness (QED) is 0.772. The lowest BCUT2D eigenvalue weighted by Gasteiger charge is -2.04. The monoisotopic (exact) mass is 219 g/mol. The molecule has 3 heteroatoms. The van der Waals surface area contributed by atoms with E-state index in [0.717, 1.165) is 0 Å². The summed E-state index contributed by atoms with van der Waals surface area (Å²) < 4.78 is 12.8. The molecule has 0 bridgehead atoms. The van der Waals surface area contributed by atoms with E-state index in [1.54, 1.807) is 25.1 Å². The maximum absolute atomic E-state index is 12.8. The lowest BCUT2D eigenvalue weighted by molar-refractivity contribution is 0.594. The molecule has 1 aromatic carbocycles. The normalized spacial score (nSPS) is 11.9. The van der Waals surface area contributed by atoms with Gasteiger partial charge in [0.2, 0.25) is 0 Å². The van der Waals surface area contributed by atoms with Gasteiger partial charge in [-0.05, 0) is 13.0 Å². The minimum absolute atomic E-state index is 0. The maximum atomic E-state index is 12.8. The zero-order chi connectivity index (χ0) is 7.56. The van der Waals surface area contributed by atoms with E-state index in [4.69, 9.17) is 5.73 Å². The number of nitrogens with two attached hydrogens (primary N) is 1. The van der Waals surface area contributed by atoms with Crippen molar-refractivity contribution in [1.82, 2.24) is 0 Å². The minimum atomic E-state index is -0.225. The molecule has 2 N–H and O–H groups in total. The summed E-state index contributed by atoms with van der Waals surface area (Å²) in [6, 6.07) is 6.32. The highest BCUT2D eigenvalue weighted by atomic mass is 79.9. The summed E-state index contributed by atoms with van der Waals surface area (Å²) in [5, 5.41) is 0. The summed E-state index contributed by atoms with van der Waals surface area (Å²) >= 11 is 0. The van der Waals surface area contributed by atoms with E-state index in [2.05, 4.69) is 0 Å². The molecule has 0 aliphatic carbocycles. The van der Waals surface area contributed by atoms with E-state index in [0.29, 0.717) is 5.56 Å². The van der Waals surface area contributed by atoms with E-state index < -0.39 is 0 Å². The number of benzene rings is 1. The second-order valence-electron chi connectivity index (χ2n) is 2.31. The second kappa shape index (κ2) is 4.46. The standard InChI is InChI=1S/C8H10FN.BrH/c1-6(10)7-4-2-3-5-8(7)9;/h2-6H,10H2,1H3;1H/t6-;/m0./s1. The van der Waals surface area contributed by atoms with Gasteiger partial charge in [0.05, 0.1) is 0 Å². The van der Waals surface area contributed by atoms with Gasteiger partial charge in [-0.3, -0.25) is 0 Å². The van der Waals surface area contributed by atoms with Gasteiger partial charge in [0.15, 0.2) is 0 Å². The first-order valence-electron chi connectivity index (χ1n) is 3.22. The van der Waals surface area contributed by atoms with Crippen molar-refractivity contribution in [1.29, 1.82) is 0 Å². The Morgan fingerprint density at radius 1 is 1.36 bits per heavy atom. The summed E-state index contributed by atoms with van der Waals surface area (Å²) in [7, 11) is 0. The van der Waals surface area contributed by atoms with Crippen LogP contribution in [0.2, 0.25) is 0 Å². The Morgan fingerprint density at radius 3 is 2.27 bits per heavy atom. The van der Waals surface area contributed by atoms with Crippen LogP contribution in [0.15, 0.2) is 24.3 Å². The van der Waals surface area contributed by atoms with Crippen LogP contribution < -0.4 is 5.73 Å². The number of hydrogen-bond acceptors (Lipinski definition) is 1. The Kier molecular flexibility index (Phi) is 4.30. The largest absolute Gasteiger partial charge is 0.324 e. The molecular formula is C8H11BrFN. The van der Waals surface area contributed by atoms with E-state index in [-0.39, 0.29) is 28.8 Å². The highest BCUT2D eigenvalue weighted by Crippen LogP contribution is 2.12. The number of hydrogen-bond donors (Lipinski definition) is 1. The van der Waals surface area contributed by atoms with Gasteiger partial charge in [-0.25, -0.2) is 4.39 Å². The van der Waals surface area contributed by atoms with Crippen molar-refractivity contribution < 1.29 is 4.39 Å². The molecule has 0 radical (unpaired) electrons. The van der Waals surface area contributed by atoms with Gasteiger partial charge in [-0.15, -0.1) is 17.0 Å². The van der Waals surface area contributed by atoms with Crippen molar-refractivity contribution >= 4 is 17.0 Å². The van der Waals surface area contributed by atoms with Crippen LogP contribution in [0.3, 0.4) is 0 Å². The molecule has 0 heterocycles. The van der Waals surface area contributed by atoms with E-state index in [1.807, 2.05) is 0 Å². The van der Waals surface area contributed by atoms with Crippen molar-refractivity contribution in [2.75, 3.05) is 0 Å². The summed E-state index contributed by atoms with van der Waals surface area (Å²) in [5.41, 5.74) is 6.05. The summed E-state index contributed by atoms with van der Waals surface area (Å²) in [6.07, 6.45) is 0. The molecule has 11 heavy (non-hydrogen) atoms. The fourth-order valence-corrected chi connectivity index (χ4v) is 0.844. The van der Waals surface area contributed by atoms with Gasteiger partial charge in [-0.2, -0.15) is 0 Å². The second-order valence-corrected chi connectivity index (χ2v) is 2.31. The van der Waals surface area contributed by atoms with Gasteiger partial charge >= 0.3 is 0 Å². The van der Waals surface area contributed by atoms with Crippen molar-refractivity contribution in [3.8, 4) is 0 Å². The predicted molar refractivity (Wildman–Crippen MR) is 49.3 cm³/mol.